The first-order valence-corrected chi connectivity index (χ1v) is 18.8. The van der Waals surface area contributed by atoms with Crippen LogP contribution in [0, 0.1) is 5.92 Å². The Kier molecular flexibility index (Phi) is 12.0. The number of hydrogen-bond donors (Lipinski definition) is 8. The highest BCUT2D eigenvalue weighted by atomic mass is 16.5. The summed E-state index contributed by atoms with van der Waals surface area (Å²) >= 11 is 0. The van der Waals surface area contributed by atoms with Crippen molar-refractivity contribution in [3.63, 3.8) is 0 Å². The van der Waals surface area contributed by atoms with Gasteiger partial charge in [0.1, 0.15) is 35.8 Å². The van der Waals surface area contributed by atoms with Gasteiger partial charge in [-0.3, -0.25) is 4.79 Å². The minimum atomic E-state index is -1.19. The number of benzene rings is 2. The van der Waals surface area contributed by atoms with Crippen LogP contribution in [0.25, 0.3) is 23.5 Å². The van der Waals surface area contributed by atoms with Gasteiger partial charge in [-0.05, 0) is 79.1 Å². The van der Waals surface area contributed by atoms with Gasteiger partial charge in [-0.15, -0.1) is 10.2 Å². The fourth-order valence-electron chi connectivity index (χ4n) is 7.68. The van der Waals surface area contributed by atoms with E-state index in [1.54, 1.807) is 21.8 Å². The predicted molar refractivity (Wildman–Crippen MR) is 204 cm³/mol. The third kappa shape index (κ3) is 8.72. The van der Waals surface area contributed by atoms with Crippen LogP contribution >= 0.6 is 0 Å². The zero-order chi connectivity index (χ0) is 39.7. The minimum absolute atomic E-state index is 0.0210. The second-order valence-electron chi connectivity index (χ2n) is 15.3. The molecule has 298 valence electrons. The van der Waals surface area contributed by atoms with Gasteiger partial charge >= 0.3 is 0 Å². The second-order valence-corrected chi connectivity index (χ2v) is 15.3. The minimum Gasteiger partial charge on any atom is -0.389 e. The van der Waals surface area contributed by atoms with Crippen LogP contribution in [0.2, 0.25) is 0 Å². The molecule has 0 radical (unpaired) electrons. The van der Waals surface area contributed by atoms with Crippen LogP contribution in [0.1, 0.15) is 55.1 Å². The number of carbonyl (C=O) groups excluding carboxylic acids is 1. The quantitative estimate of drug-likeness (QED) is 0.0957. The van der Waals surface area contributed by atoms with E-state index in [1.165, 1.54) is 0 Å². The summed E-state index contributed by atoms with van der Waals surface area (Å²) in [5, 5.41) is 57.7. The number of hydrogen-bond acceptors (Lipinski definition) is 15. The lowest BCUT2D eigenvalue weighted by atomic mass is 9.81. The number of Topliss-reactive ketones (excluding diaryl/α,β-unsaturated/α-hetero) is 1. The molecule has 0 spiro atoms. The summed E-state index contributed by atoms with van der Waals surface area (Å²) < 4.78 is 14.8. The van der Waals surface area contributed by atoms with Gasteiger partial charge in [0, 0.05) is 35.3 Å². The van der Waals surface area contributed by atoms with Crippen molar-refractivity contribution in [2.75, 3.05) is 0 Å². The van der Waals surface area contributed by atoms with Crippen LogP contribution in [0.5, 0.6) is 0 Å². The number of rotatable bonds is 10. The van der Waals surface area contributed by atoms with Gasteiger partial charge in [0.15, 0.2) is 5.78 Å². The van der Waals surface area contributed by atoms with Crippen molar-refractivity contribution in [3.05, 3.63) is 94.6 Å². The summed E-state index contributed by atoms with van der Waals surface area (Å²) in [5.74, 6) is 0.302. The summed E-state index contributed by atoms with van der Waals surface area (Å²) in [4.78, 5) is 13.7. The molecule has 4 aromatic rings. The van der Waals surface area contributed by atoms with Crippen LogP contribution in [-0.4, -0.2) is 117 Å². The molecule has 12 N–H and O–H groups in total. The molecule has 0 aliphatic heterocycles. The molecule has 2 aromatic heterocycles. The highest BCUT2D eigenvalue weighted by Gasteiger charge is 2.42. The lowest BCUT2D eigenvalue weighted by Crippen LogP contribution is -2.61. The van der Waals surface area contributed by atoms with Gasteiger partial charge in [-0.1, -0.05) is 41.6 Å². The number of carbonyl (C=O) groups is 1. The third-order valence-electron chi connectivity index (χ3n) is 10.8. The standard InChI is InChI=1S/C39H50N10O7/c1-20-10-23(12-21-2-6-27(7-3-21)48-16-25(44-46-48)18-55-38-31(42)14-29(40)34(51)36(38)53)33(50)24(11-20)13-22-4-8-28(9-5-22)49-17-26(45-47-49)19-56-39-32(43)15-30(41)35(52)37(39)54/h2-9,12-13,16-17,20,29-32,34-39,51-54H,10-11,14-15,18-19,40-43H2,1H3/b23-12+,24-13+/t29-,30-,31+,32+,34+,35+,36-,37-,38-,39-/m1/s1. The number of aromatic nitrogens is 6. The highest BCUT2D eigenvalue weighted by molar-refractivity contribution is 6.14. The average molecular weight is 771 g/mol. The van der Waals surface area contributed by atoms with Crippen LogP contribution in [0.4, 0.5) is 0 Å². The van der Waals surface area contributed by atoms with Gasteiger partial charge in [-0.25, -0.2) is 9.36 Å². The van der Waals surface area contributed by atoms with Crippen molar-refractivity contribution < 1.29 is 34.7 Å². The number of ether oxygens (including phenoxy) is 2. The first kappa shape index (κ1) is 39.7. The molecule has 3 saturated carbocycles. The predicted octanol–water partition coefficient (Wildman–Crippen LogP) is -0.355. The second kappa shape index (κ2) is 16.9. The van der Waals surface area contributed by atoms with Crippen LogP contribution in [-0.2, 0) is 27.5 Å². The Labute approximate surface area is 323 Å². The number of ketones is 1. The Morgan fingerprint density at radius 3 is 1.43 bits per heavy atom. The van der Waals surface area contributed by atoms with E-state index in [0.717, 1.165) is 33.6 Å². The van der Waals surface area contributed by atoms with E-state index >= 15 is 0 Å². The van der Waals surface area contributed by atoms with Gasteiger partial charge in [0.2, 0.25) is 0 Å². The molecule has 0 bridgehead atoms. The van der Waals surface area contributed by atoms with Gasteiger partial charge in [0.05, 0.1) is 49.2 Å². The maximum Gasteiger partial charge on any atom is 0.185 e. The van der Waals surface area contributed by atoms with E-state index < -0.39 is 60.8 Å². The van der Waals surface area contributed by atoms with Crippen LogP contribution in [0.15, 0.2) is 72.1 Å². The molecule has 3 aliphatic carbocycles. The third-order valence-corrected chi connectivity index (χ3v) is 10.8. The molecule has 2 aromatic carbocycles. The van der Waals surface area contributed by atoms with E-state index in [1.807, 2.05) is 60.7 Å². The number of nitrogens with two attached hydrogens (primary N) is 4. The molecule has 0 amide bonds. The molecule has 2 heterocycles. The molecule has 3 aliphatic rings. The van der Waals surface area contributed by atoms with E-state index in [0.29, 0.717) is 37.1 Å². The molecule has 17 nitrogen and oxygen atoms in total. The SMILES string of the molecule is CC1C/C(=C\c2ccc(-n3cc(CO[C@H]4[C@H](O)[C@@H](O)[C@H](N)C[C@@H]4N)nn3)cc2)C(=O)/C(=C/c2ccc(-n3cc(CO[C@H]4[C@H](O)[C@@H](O)[C@H](N)C[C@@H]4N)nn3)cc2)C1. The molecule has 0 saturated heterocycles. The summed E-state index contributed by atoms with van der Waals surface area (Å²) in [7, 11) is 0. The largest absolute Gasteiger partial charge is 0.389 e. The number of aliphatic hydroxyl groups excluding tert-OH is 4. The van der Waals surface area contributed by atoms with Crippen LogP contribution < -0.4 is 22.9 Å². The average Bonchev–Trinajstić information content (AvgIpc) is 3.86. The van der Waals surface area contributed by atoms with Crippen molar-refractivity contribution >= 4 is 17.9 Å². The van der Waals surface area contributed by atoms with Crippen molar-refractivity contribution in [3.8, 4) is 11.4 Å². The number of aliphatic hydroxyl groups is 4. The Balaban J connectivity index is 0.956. The molecule has 7 rings (SSSR count). The maximum absolute atomic E-state index is 13.7. The fourth-order valence-corrected chi connectivity index (χ4v) is 7.68. The smallest absolute Gasteiger partial charge is 0.185 e. The van der Waals surface area contributed by atoms with E-state index in [2.05, 4.69) is 27.5 Å². The topological polar surface area (TPSA) is 282 Å². The molecule has 3 fully saturated rings. The van der Waals surface area contributed by atoms with Crippen LogP contribution in [0.3, 0.4) is 0 Å². The van der Waals surface area contributed by atoms with E-state index in [-0.39, 0.29) is 24.9 Å². The van der Waals surface area contributed by atoms with Gasteiger partial charge in [0.25, 0.3) is 0 Å². The summed E-state index contributed by atoms with van der Waals surface area (Å²) in [5.41, 5.74) is 29.7. The fraction of sp³-hybridized carbons (Fsp3) is 0.462. The zero-order valence-electron chi connectivity index (χ0n) is 31.0. The molecular formula is C39H50N10O7. The Hall–Kier alpha value is -4.53. The van der Waals surface area contributed by atoms with Crippen molar-refractivity contribution in [1.29, 1.82) is 0 Å². The molecule has 56 heavy (non-hydrogen) atoms. The Morgan fingerprint density at radius 2 is 1.04 bits per heavy atom. The molecule has 10 atom stereocenters. The number of nitrogens with zero attached hydrogens (tertiary/aromatic N) is 6. The first-order chi connectivity index (χ1) is 26.8. The summed E-state index contributed by atoms with van der Waals surface area (Å²) in [6, 6.07) is 13.0. The van der Waals surface area contributed by atoms with Gasteiger partial charge in [-0.2, -0.15) is 0 Å². The monoisotopic (exact) mass is 770 g/mol. The first-order valence-electron chi connectivity index (χ1n) is 18.8. The highest BCUT2D eigenvalue weighted by Crippen LogP contribution is 2.32. The summed E-state index contributed by atoms with van der Waals surface area (Å²) in [6.07, 6.45) is 3.13. The molecular weight excluding hydrogens is 720 g/mol. The van der Waals surface area contributed by atoms with Gasteiger partial charge < -0.3 is 52.8 Å². The lowest BCUT2D eigenvalue weighted by molar-refractivity contribution is -0.132. The van der Waals surface area contributed by atoms with Crippen molar-refractivity contribution in [2.24, 2.45) is 28.9 Å². The van der Waals surface area contributed by atoms with Crippen molar-refractivity contribution in [2.45, 2.75) is 107 Å². The maximum atomic E-state index is 13.7. The van der Waals surface area contributed by atoms with E-state index in [9.17, 15) is 25.2 Å². The lowest BCUT2D eigenvalue weighted by Gasteiger charge is -2.39. The Morgan fingerprint density at radius 1 is 0.643 bits per heavy atom. The van der Waals surface area contributed by atoms with E-state index in [4.69, 9.17) is 32.4 Å². The zero-order valence-corrected chi connectivity index (χ0v) is 31.0. The van der Waals surface area contributed by atoms with Crippen molar-refractivity contribution in [1.82, 2.24) is 30.0 Å². The number of allylic oxidation sites excluding steroid dienone is 2. The normalized spacial score (nSPS) is 32.7. The Bertz CT molecular complexity index is 1890. The summed E-state index contributed by atoms with van der Waals surface area (Å²) in [6.45, 7) is 2.24. The molecule has 17 heteroatoms. The molecule has 0 unspecified atom stereocenters.